The average molecular weight is 305 g/mol. The molecule has 1 unspecified atom stereocenters. The summed E-state index contributed by atoms with van der Waals surface area (Å²) in [6.07, 6.45) is -3.77. The van der Waals surface area contributed by atoms with E-state index in [1.807, 2.05) is 0 Å². The Labute approximate surface area is 117 Å². The third-order valence-corrected chi connectivity index (χ3v) is 3.64. The van der Waals surface area contributed by atoms with Gasteiger partial charge in [0.25, 0.3) is 5.91 Å². The molecule has 1 aromatic carbocycles. The van der Waals surface area contributed by atoms with Gasteiger partial charge in [0.1, 0.15) is 0 Å². The lowest BCUT2D eigenvalue weighted by Gasteiger charge is -2.17. The van der Waals surface area contributed by atoms with Gasteiger partial charge in [-0.25, -0.2) is 0 Å². The molecule has 1 saturated heterocycles. The number of para-hydroxylation sites is 1. The number of benzene rings is 1. The Morgan fingerprint density at radius 3 is 2.62 bits per heavy atom. The second-order valence-electron chi connectivity index (χ2n) is 4.92. The lowest BCUT2D eigenvalue weighted by atomic mass is 10.0. The number of hydrogen-bond acceptors (Lipinski definition) is 3. The van der Waals surface area contributed by atoms with Gasteiger partial charge in [0, 0.05) is 6.54 Å². The Hall–Kier alpha value is -1.99. The minimum absolute atomic E-state index is 0.0950. The van der Waals surface area contributed by atoms with E-state index < -0.39 is 29.8 Å². The van der Waals surface area contributed by atoms with Crippen LogP contribution in [0.5, 0.6) is 11.5 Å². The number of ether oxygens (including phenoxy) is 2. The molecule has 3 rings (SSSR count). The van der Waals surface area contributed by atoms with Crippen LogP contribution >= 0.6 is 0 Å². The van der Waals surface area contributed by atoms with E-state index in [1.54, 1.807) is 6.92 Å². The molecule has 0 saturated carbocycles. The SMILES string of the molecule is CCC1CN(c2cccc3c2OC(F)(F)O3)C(=O)C1(F)F. The molecular weight excluding hydrogens is 294 g/mol. The van der Waals surface area contributed by atoms with Gasteiger partial charge in [0.05, 0.1) is 11.6 Å². The highest BCUT2D eigenvalue weighted by atomic mass is 19.3. The summed E-state index contributed by atoms with van der Waals surface area (Å²) in [6, 6.07) is 3.83. The second-order valence-corrected chi connectivity index (χ2v) is 4.92. The zero-order chi connectivity index (χ0) is 15.4. The standard InChI is InChI=1S/C13H11F4NO3/c1-2-7-6-18(11(19)12(7,14)15)8-4-3-5-9-10(8)21-13(16,17)20-9/h3-5,7H,2,6H2,1H3. The third-order valence-electron chi connectivity index (χ3n) is 3.64. The van der Waals surface area contributed by atoms with Crippen molar-refractivity contribution in [1.29, 1.82) is 0 Å². The first-order chi connectivity index (χ1) is 9.76. The van der Waals surface area contributed by atoms with E-state index in [4.69, 9.17) is 0 Å². The summed E-state index contributed by atoms with van der Waals surface area (Å²) in [7, 11) is 0. The van der Waals surface area contributed by atoms with Crippen molar-refractivity contribution in [3.63, 3.8) is 0 Å². The fourth-order valence-electron chi connectivity index (χ4n) is 2.53. The number of rotatable bonds is 2. The Morgan fingerprint density at radius 2 is 2.00 bits per heavy atom. The fraction of sp³-hybridized carbons (Fsp3) is 0.462. The van der Waals surface area contributed by atoms with Crippen LogP contribution in [0.2, 0.25) is 0 Å². The van der Waals surface area contributed by atoms with Crippen LogP contribution in [0.25, 0.3) is 0 Å². The third kappa shape index (κ3) is 2.00. The molecule has 114 valence electrons. The van der Waals surface area contributed by atoms with Gasteiger partial charge in [-0.1, -0.05) is 13.0 Å². The molecule has 1 fully saturated rings. The summed E-state index contributed by atoms with van der Waals surface area (Å²) in [5.74, 6) is -6.78. The molecule has 1 atom stereocenters. The molecule has 1 aromatic rings. The number of alkyl halides is 4. The summed E-state index contributed by atoms with van der Waals surface area (Å²) in [4.78, 5) is 12.6. The molecule has 0 spiro atoms. The topological polar surface area (TPSA) is 38.8 Å². The summed E-state index contributed by atoms with van der Waals surface area (Å²) >= 11 is 0. The minimum Gasteiger partial charge on any atom is -0.395 e. The molecule has 0 N–H and O–H groups in total. The normalized spacial score (nSPS) is 25.5. The van der Waals surface area contributed by atoms with Crippen LogP contribution in [0.3, 0.4) is 0 Å². The summed E-state index contributed by atoms with van der Waals surface area (Å²) in [5.41, 5.74) is -0.134. The van der Waals surface area contributed by atoms with Crippen LogP contribution in [0.15, 0.2) is 18.2 Å². The molecule has 4 nitrogen and oxygen atoms in total. The molecule has 0 aromatic heterocycles. The van der Waals surface area contributed by atoms with E-state index >= 15 is 0 Å². The summed E-state index contributed by atoms with van der Waals surface area (Å²) in [6.45, 7) is 1.28. The first-order valence-corrected chi connectivity index (χ1v) is 6.35. The first-order valence-electron chi connectivity index (χ1n) is 6.35. The van der Waals surface area contributed by atoms with Crippen molar-refractivity contribution >= 4 is 11.6 Å². The highest BCUT2D eigenvalue weighted by Crippen LogP contribution is 2.49. The predicted octanol–water partition coefficient (Wildman–Crippen LogP) is 3.02. The summed E-state index contributed by atoms with van der Waals surface area (Å²) < 4.78 is 62.4. The Morgan fingerprint density at radius 1 is 1.29 bits per heavy atom. The number of nitrogens with zero attached hydrogens (tertiary/aromatic N) is 1. The van der Waals surface area contributed by atoms with Crippen molar-refractivity contribution in [2.24, 2.45) is 5.92 Å². The van der Waals surface area contributed by atoms with Crippen molar-refractivity contribution in [3.05, 3.63) is 18.2 Å². The van der Waals surface area contributed by atoms with Crippen LogP contribution in [-0.4, -0.2) is 24.7 Å². The van der Waals surface area contributed by atoms with E-state index in [9.17, 15) is 22.4 Å². The van der Waals surface area contributed by atoms with Gasteiger partial charge in [0.2, 0.25) is 0 Å². The second kappa shape index (κ2) is 4.25. The van der Waals surface area contributed by atoms with Gasteiger partial charge in [-0.05, 0) is 18.6 Å². The monoisotopic (exact) mass is 305 g/mol. The largest absolute Gasteiger partial charge is 0.586 e. The van der Waals surface area contributed by atoms with Crippen LogP contribution < -0.4 is 14.4 Å². The molecule has 0 radical (unpaired) electrons. The van der Waals surface area contributed by atoms with Crippen LogP contribution in [0.4, 0.5) is 23.2 Å². The Bertz CT molecular complexity index is 605. The lowest BCUT2D eigenvalue weighted by Crippen LogP contribution is -2.35. The van der Waals surface area contributed by atoms with Crippen molar-refractivity contribution in [2.45, 2.75) is 25.6 Å². The van der Waals surface area contributed by atoms with Crippen molar-refractivity contribution < 1.29 is 31.8 Å². The number of anilines is 1. The van der Waals surface area contributed by atoms with Crippen molar-refractivity contribution in [1.82, 2.24) is 0 Å². The molecule has 0 aliphatic carbocycles. The fourth-order valence-corrected chi connectivity index (χ4v) is 2.53. The number of halogens is 4. The van der Waals surface area contributed by atoms with Gasteiger partial charge in [-0.2, -0.15) is 8.78 Å². The highest BCUT2D eigenvalue weighted by molar-refractivity contribution is 6.02. The van der Waals surface area contributed by atoms with E-state index in [-0.39, 0.29) is 24.4 Å². The van der Waals surface area contributed by atoms with Gasteiger partial charge in [0.15, 0.2) is 11.5 Å². The molecule has 1 amide bonds. The highest BCUT2D eigenvalue weighted by Gasteiger charge is 2.57. The van der Waals surface area contributed by atoms with Gasteiger partial charge in [-0.3, -0.25) is 4.79 Å². The number of fused-ring (bicyclic) bond motifs is 1. The van der Waals surface area contributed by atoms with E-state index in [0.717, 1.165) is 4.90 Å². The Kier molecular flexibility index (Phi) is 2.83. The minimum atomic E-state index is -3.87. The number of carbonyl (C=O) groups excluding carboxylic acids is 1. The molecule has 21 heavy (non-hydrogen) atoms. The average Bonchev–Trinajstić information content (AvgIpc) is 2.83. The maximum Gasteiger partial charge on any atom is 0.586 e. The van der Waals surface area contributed by atoms with Gasteiger partial charge >= 0.3 is 12.2 Å². The molecule has 2 aliphatic heterocycles. The van der Waals surface area contributed by atoms with Crippen LogP contribution in [0.1, 0.15) is 13.3 Å². The zero-order valence-corrected chi connectivity index (χ0v) is 10.9. The molecular formula is C13H11F4NO3. The quantitative estimate of drug-likeness (QED) is 0.788. The van der Waals surface area contributed by atoms with Gasteiger partial charge in [-0.15, -0.1) is 8.78 Å². The van der Waals surface area contributed by atoms with E-state index in [0.29, 0.717) is 0 Å². The number of carbonyl (C=O) groups is 1. The van der Waals surface area contributed by atoms with Crippen LogP contribution in [-0.2, 0) is 4.79 Å². The van der Waals surface area contributed by atoms with E-state index in [1.165, 1.54) is 18.2 Å². The summed E-state index contributed by atoms with van der Waals surface area (Å²) in [5, 5.41) is 0. The maximum atomic E-state index is 13.8. The number of amides is 1. The van der Waals surface area contributed by atoms with Gasteiger partial charge < -0.3 is 14.4 Å². The molecule has 2 aliphatic rings. The first kappa shape index (κ1) is 14.0. The lowest BCUT2D eigenvalue weighted by molar-refractivity contribution is -0.286. The van der Waals surface area contributed by atoms with Crippen LogP contribution in [0, 0.1) is 5.92 Å². The van der Waals surface area contributed by atoms with E-state index in [2.05, 4.69) is 9.47 Å². The Balaban J connectivity index is 2.01. The molecule has 0 bridgehead atoms. The predicted molar refractivity (Wildman–Crippen MR) is 63.7 cm³/mol. The zero-order valence-electron chi connectivity index (χ0n) is 10.9. The molecule has 8 heteroatoms. The number of hydrogen-bond donors (Lipinski definition) is 0. The van der Waals surface area contributed by atoms with Crippen molar-refractivity contribution in [2.75, 3.05) is 11.4 Å². The smallest absolute Gasteiger partial charge is 0.395 e. The van der Waals surface area contributed by atoms with Crippen molar-refractivity contribution in [3.8, 4) is 11.5 Å². The molecule has 2 heterocycles. The maximum absolute atomic E-state index is 13.8.